The number of nitrogens with one attached hydrogen (secondary N) is 2. The fourth-order valence-electron chi connectivity index (χ4n) is 1.84. The molecule has 6 nitrogen and oxygen atoms in total. The van der Waals surface area contributed by atoms with Crippen LogP contribution >= 0.6 is 0 Å². The summed E-state index contributed by atoms with van der Waals surface area (Å²) in [7, 11) is 0. The summed E-state index contributed by atoms with van der Waals surface area (Å²) >= 11 is 0. The lowest BCUT2D eigenvalue weighted by molar-refractivity contribution is -0.129. The van der Waals surface area contributed by atoms with Crippen LogP contribution in [-0.4, -0.2) is 36.7 Å². The highest BCUT2D eigenvalue weighted by molar-refractivity contribution is 5.89. The fraction of sp³-hybridized carbons (Fsp3) is 0.786. The van der Waals surface area contributed by atoms with Crippen molar-refractivity contribution >= 4 is 18.1 Å². The van der Waals surface area contributed by atoms with E-state index in [1.807, 2.05) is 34.0 Å². The Labute approximate surface area is 120 Å². The molecule has 6 heteroatoms. The second-order valence-electron chi connectivity index (χ2n) is 5.76. The molecular formula is C14H26N3O3. The smallest absolute Gasteiger partial charge is 0.243 e. The zero-order chi connectivity index (χ0) is 15.7. The number of nitrogens with two attached hydrogens (primary N) is 1. The third-order valence-electron chi connectivity index (χ3n) is 2.71. The van der Waals surface area contributed by atoms with Crippen LogP contribution in [0.5, 0.6) is 0 Å². The first kappa shape index (κ1) is 18.6. The van der Waals surface area contributed by atoms with Crippen molar-refractivity contribution in [3.05, 3.63) is 0 Å². The van der Waals surface area contributed by atoms with E-state index in [0.29, 0.717) is 12.8 Å². The van der Waals surface area contributed by atoms with Crippen molar-refractivity contribution in [3.8, 4) is 0 Å². The largest absolute Gasteiger partial charge is 0.344 e. The van der Waals surface area contributed by atoms with Crippen LogP contribution in [0.15, 0.2) is 0 Å². The number of amides is 2. The van der Waals surface area contributed by atoms with Crippen LogP contribution in [0.25, 0.3) is 0 Å². The molecule has 0 aliphatic heterocycles. The number of hydrogen-bond donors (Lipinski definition) is 3. The minimum Gasteiger partial charge on any atom is -0.344 e. The summed E-state index contributed by atoms with van der Waals surface area (Å²) in [6, 6.07) is -1.32. The van der Waals surface area contributed by atoms with Crippen LogP contribution in [0.3, 0.4) is 0 Å². The molecule has 0 heterocycles. The van der Waals surface area contributed by atoms with Gasteiger partial charge in [0, 0.05) is 0 Å². The lowest BCUT2D eigenvalue weighted by Crippen LogP contribution is -2.51. The molecule has 2 atom stereocenters. The molecular weight excluding hydrogens is 258 g/mol. The van der Waals surface area contributed by atoms with Gasteiger partial charge in [0.1, 0.15) is 6.04 Å². The molecule has 0 aromatic rings. The topological polar surface area (TPSA) is 101 Å². The van der Waals surface area contributed by atoms with E-state index in [1.54, 1.807) is 0 Å². The van der Waals surface area contributed by atoms with Crippen molar-refractivity contribution < 1.29 is 14.4 Å². The highest BCUT2D eigenvalue weighted by Crippen LogP contribution is 2.07. The third kappa shape index (κ3) is 7.89. The Kier molecular flexibility index (Phi) is 8.79. The molecule has 0 fully saturated rings. The van der Waals surface area contributed by atoms with Gasteiger partial charge < -0.3 is 16.4 Å². The summed E-state index contributed by atoms with van der Waals surface area (Å²) in [6.45, 7) is 7.65. The summed E-state index contributed by atoms with van der Waals surface area (Å²) in [5.41, 5.74) is 5.24. The monoisotopic (exact) mass is 284 g/mol. The lowest BCUT2D eigenvalue weighted by Gasteiger charge is -2.22. The minimum absolute atomic E-state index is 0.170. The van der Waals surface area contributed by atoms with E-state index in [9.17, 15) is 14.4 Å². The van der Waals surface area contributed by atoms with E-state index in [1.165, 1.54) is 0 Å². The maximum Gasteiger partial charge on any atom is 0.243 e. The first-order valence-electron chi connectivity index (χ1n) is 6.97. The summed E-state index contributed by atoms with van der Waals surface area (Å²) in [4.78, 5) is 34.3. The first-order valence-corrected chi connectivity index (χ1v) is 6.97. The number of carbonyl (C=O) groups excluding carboxylic acids is 3. The Hall–Kier alpha value is -1.43. The summed E-state index contributed by atoms with van der Waals surface area (Å²) in [6.07, 6.45) is 2.83. The number of carbonyl (C=O) groups is 2. The molecule has 0 saturated heterocycles. The van der Waals surface area contributed by atoms with Crippen LogP contribution in [0, 0.1) is 11.8 Å². The molecule has 0 bridgehead atoms. The zero-order valence-corrected chi connectivity index (χ0v) is 12.7. The van der Waals surface area contributed by atoms with Crippen LogP contribution in [0.1, 0.15) is 40.5 Å². The van der Waals surface area contributed by atoms with E-state index in [-0.39, 0.29) is 30.2 Å². The van der Waals surface area contributed by atoms with Gasteiger partial charge in [-0.25, -0.2) is 0 Å². The Bertz CT molecular complexity index is 330. The Morgan fingerprint density at radius 1 is 1.05 bits per heavy atom. The SMILES string of the molecule is CC(C)C[C@@H]([C]=O)NC(=O)[C@H](CC(C)C)NC(=O)CN. The molecule has 115 valence electrons. The van der Waals surface area contributed by atoms with Gasteiger partial charge in [-0.2, -0.15) is 0 Å². The van der Waals surface area contributed by atoms with Crippen LogP contribution in [0.4, 0.5) is 0 Å². The van der Waals surface area contributed by atoms with E-state index in [4.69, 9.17) is 5.73 Å². The maximum atomic E-state index is 12.1. The van der Waals surface area contributed by atoms with E-state index >= 15 is 0 Å². The van der Waals surface area contributed by atoms with Gasteiger partial charge in [-0.3, -0.25) is 14.4 Å². The van der Waals surface area contributed by atoms with Gasteiger partial charge in [0.05, 0.1) is 12.6 Å². The Morgan fingerprint density at radius 2 is 1.60 bits per heavy atom. The molecule has 20 heavy (non-hydrogen) atoms. The zero-order valence-electron chi connectivity index (χ0n) is 12.7. The normalized spacial score (nSPS) is 13.9. The lowest BCUT2D eigenvalue weighted by atomic mass is 10.0. The van der Waals surface area contributed by atoms with Gasteiger partial charge in [-0.1, -0.05) is 27.7 Å². The molecule has 0 aromatic carbocycles. The molecule has 1 radical (unpaired) electrons. The fourth-order valence-corrected chi connectivity index (χ4v) is 1.84. The quantitative estimate of drug-likeness (QED) is 0.559. The highest BCUT2D eigenvalue weighted by Gasteiger charge is 2.24. The Balaban J connectivity index is 4.66. The van der Waals surface area contributed by atoms with Crippen molar-refractivity contribution in [1.82, 2.24) is 10.6 Å². The van der Waals surface area contributed by atoms with Crippen molar-refractivity contribution in [1.29, 1.82) is 0 Å². The van der Waals surface area contributed by atoms with Crippen molar-refractivity contribution in [2.24, 2.45) is 17.6 Å². The maximum absolute atomic E-state index is 12.1. The second kappa shape index (κ2) is 9.47. The molecule has 0 aliphatic carbocycles. The van der Waals surface area contributed by atoms with Gasteiger partial charge in [0.25, 0.3) is 0 Å². The van der Waals surface area contributed by atoms with Gasteiger partial charge in [0.2, 0.25) is 18.1 Å². The van der Waals surface area contributed by atoms with Gasteiger partial charge in [0.15, 0.2) is 0 Å². The van der Waals surface area contributed by atoms with Crippen LogP contribution in [-0.2, 0) is 14.4 Å². The van der Waals surface area contributed by atoms with Crippen LogP contribution in [0.2, 0.25) is 0 Å². The average molecular weight is 284 g/mol. The van der Waals surface area contributed by atoms with Crippen molar-refractivity contribution in [2.75, 3.05) is 6.54 Å². The molecule has 0 aromatic heterocycles. The molecule has 0 spiro atoms. The highest BCUT2D eigenvalue weighted by atomic mass is 16.2. The summed E-state index contributed by atoms with van der Waals surface area (Å²) in [5, 5.41) is 5.19. The molecule has 0 aliphatic rings. The predicted molar refractivity (Wildman–Crippen MR) is 77.5 cm³/mol. The Morgan fingerprint density at radius 3 is 2.00 bits per heavy atom. The molecule has 0 unspecified atom stereocenters. The molecule has 0 saturated carbocycles. The molecule has 2 amide bonds. The van der Waals surface area contributed by atoms with Gasteiger partial charge in [-0.15, -0.1) is 0 Å². The van der Waals surface area contributed by atoms with Gasteiger partial charge >= 0.3 is 0 Å². The molecule has 0 rings (SSSR count). The second-order valence-corrected chi connectivity index (χ2v) is 5.76. The van der Waals surface area contributed by atoms with Crippen molar-refractivity contribution in [3.63, 3.8) is 0 Å². The number of hydrogen-bond acceptors (Lipinski definition) is 4. The van der Waals surface area contributed by atoms with E-state index in [2.05, 4.69) is 10.6 Å². The van der Waals surface area contributed by atoms with E-state index in [0.717, 1.165) is 0 Å². The first-order chi connectivity index (χ1) is 9.29. The predicted octanol–water partition coefficient (Wildman–Crippen LogP) is 0.117. The van der Waals surface area contributed by atoms with E-state index < -0.39 is 12.1 Å². The standard InChI is InChI=1S/C14H26N3O3/c1-9(2)5-11(8-18)16-14(20)12(6-10(3)4)17-13(19)7-15/h9-12H,5-7,15H2,1-4H3,(H,16,20)(H,17,19)/t11-,12-/m0/s1. The van der Waals surface area contributed by atoms with Crippen molar-refractivity contribution in [2.45, 2.75) is 52.6 Å². The van der Waals surface area contributed by atoms with Gasteiger partial charge in [-0.05, 0) is 24.7 Å². The number of rotatable bonds is 9. The van der Waals surface area contributed by atoms with Crippen LogP contribution < -0.4 is 16.4 Å². The average Bonchev–Trinajstić information content (AvgIpc) is 2.35. The summed E-state index contributed by atoms with van der Waals surface area (Å²) < 4.78 is 0. The molecule has 4 N–H and O–H groups in total. The summed E-state index contributed by atoms with van der Waals surface area (Å²) in [5.74, 6) is -0.257. The third-order valence-corrected chi connectivity index (χ3v) is 2.71. The minimum atomic E-state index is -0.672.